The molecule has 0 aromatic heterocycles. The third kappa shape index (κ3) is 2.47. The zero-order valence-corrected chi connectivity index (χ0v) is 8.31. The van der Waals surface area contributed by atoms with Crippen molar-refractivity contribution in [1.29, 1.82) is 0 Å². The number of halogens is 3. The van der Waals surface area contributed by atoms with Gasteiger partial charge in [-0.3, -0.25) is 0 Å². The Hall–Kier alpha value is -1.06. The highest BCUT2D eigenvalue weighted by atomic mass is 35.5. The van der Waals surface area contributed by atoms with Crippen LogP contribution in [0.3, 0.4) is 0 Å². The minimum atomic E-state index is -1.18. The van der Waals surface area contributed by atoms with Crippen LogP contribution in [0, 0.1) is 5.82 Å². The molecule has 0 unspecified atom stereocenters. The highest BCUT2D eigenvalue weighted by molar-refractivity contribution is 6.42. The molecule has 74 valence electrons. The van der Waals surface area contributed by atoms with E-state index in [-0.39, 0.29) is 15.6 Å². The molecule has 5 heteroatoms. The first-order chi connectivity index (χ1) is 6.52. The minimum Gasteiger partial charge on any atom is -0.478 e. The van der Waals surface area contributed by atoms with E-state index in [2.05, 4.69) is 0 Å². The van der Waals surface area contributed by atoms with Crippen molar-refractivity contribution in [2.45, 2.75) is 0 Å². The Morgan fingerprint density at radius 1 is 1.43 bits per heavy atom. The Bertz CT molecular complexity index is 402. The summed E-state index contributed by atoms with van der Waals surface area (Å²) in [6.07, 6.45) is 1.85. The van der Waals surface area contributed by atoms with Gasteiger partial charge in [0.05, 0.1) is 10.0 Å². The van der Waals surface area contributed by atoms with Gasteiger partial charge >= 0.3 is 5.97 Å². The standard InChI is InChI=1S/C9H5Cl2FO2/c10-6-2-3-7(12)5(9(6)11)1-4-8(13)14/h1-4H,(H,13,14). The Labute approximate surface area is 89.6 Å². The van der Waals surface area contributed by atoms with E-state index in [1.807, 2.05) is 0 Å². The van der Waals surface area contributed by atoms with Gasteiger partial charge < -0.3 is 5.11 Å². The van der Waals surface area contributed by atoms with Crippen molar-refractivity contribution in [3.63, 3.8) is 0 Å². The lowest BCUT2D eigenvalue weighted by Gasteiger charge is -2.01. The van der Waals surface area contributed by atoms with Crippen LogP contribution in [0.1, 0.15) is 5.56 Å². The number of hydrogen-bond acceptors (Lipinski definition) is 1. The maximum absolute atomic E-state index is 13.1. The molecule has 1 N–H and O–H groups in total. The summed E-state index contributed by atoms with van der Waals surface area (Å²) in [7, 11) is 0. The van der Waals surface area contributed by atoms with Crippen molar-refractivity contribution >= 4 is 35.2 Å². The van der Waals surface area contributed by atoms with Crippen molar-refractivity contribution in [1.82, 2.24) is 0 Å². The first-order valence-electron chi connectivity index (χ1n) is 3.57. The average molecular weight is 235 g/mol. The number of hydrogen-bond donors (Lipinski definition) is 1. The van der Waals surface area contributed by atoms with Crippen LogP contribution in [0.15, 0.2) is 18.2 Å². The van der Waals surface area contributed by atoms with Crippen LogP contribution in [0.4, 0.5) is 4.39 Å². The van der Waals surface area contributed by atoms with E-state index in [1.165, 1.54) is 6.07 Å². The van der Waals surface area contributed by atoms with E-state index in [0.717, 1.165) is 18.2 Å². The molecule has 0 aliphatic rings. The van der Waals surface area contributed by atoms with Gasteiger partial charge in [0.2, 0.25) is 0 Å². The molecule has 0 saturated heterocycles. The predicted octanol–water partition coefficient (Wildman–Crippen LogP) is 3.23. The fraction of sp³-hybridized carbons (Fsp3) is 0. The van der Waals surface area contributed by atoms with Crippen LogP contribution in [0.5, 0.6) is 0 Å². The zero-order valence-electron chi connectivity index (χ0n) is 6.80. The molecule has 0 aliphatic carbocycles. The van der Waals surface area contributed by atoms with Gasteiger partial charge in [0, 0.05) is 11.6 Å². The molecule has 2 nitrogen and oxygen atoms in total. The average Bonchev–Trinajstić information content (AvgIpc) is 2.11. The maximum Gasteiger partial charge on any atom is 0.328 e. The second-order valence-corrected chi connectivity index (χ2v) is 3.21. The molecule has 1 rings (SSSR count). The third-order valence-corrected chi connectivity index (χ3v) is 2.29. The van der Waals surface area contributed by atoms with Crippen molar-refractivity contribution in [3.05, 3.63) is 39.6 Å². The third-order valence-electron chi connectivity index (χ3n) is 1.47. The molecule has 1 aromatic rings. The molecule has 0 bridgehead atoms. The second-order valence-electron chi connectivity index (χ2n) is 2.43. The van der Waals surface area contributed by atoms with Crippen LogP contribution >= 0.6 is 23.2 Å². The summed E-state index contributed by atoms with van der Waals surface area (Å²) in [4.78, 5) is 10.2. The maximum atomic E-state index is 13.1. The summed E-state index contributed by atoms with van der Waals surface area (Å²) in [5.41, 5.74) is -0.0263. The van der Waals surface area contributed by atoms with E-state index in [4.69, 9.17) is 28.3 Å². The lowest BCUT2D eigenvalue weighted by molar-refractivity contribution is -0.131. The monoisotopic (exact) mass is 234 g/mol. The van der Waals surface area contributed by atoms with Gasteiger partial charge in [-0.15, -0.1) is 0 Å². The van der Waals surface area contributed by atoms with Gasteiger partial charge in [-0.1, -0.05) is 23.2 Å². The number of carbonyl (C=O) groups is 1. The smallest absolute Gasteiger partial charge is 0.328 e. The molecular weight excluding hydrogens is 230 g/mol. The summed E-state index contributed by atoms with van der Waals surface area (Å²) in [5.74, 6) is -1.79. The van der Waals surface area contributed by atoms with Crippen LogP contribution in [0.2, 0.25) is 10.0 Å². The van der Waals surface area contributed by atoms with E-state index in [9.17, 15) is 9.18 Å². The van der Waals surface area contributed by atoms with Gasteiger partial charge in [0.25, 0.3) is 0 Å². The van der Waals surface area contributed by atoms with E-state index in [1.54, 1.807) is 0 Å². The van der Waals surface area contributed by atoms with Crippen molar-refractivity contribution in [3.8, 4) is 0 Å². The summed E-state index contributed by atoms with van der Waals surface area (Å²) >= 11 is 11.3. The molecule has 1 aromatic carbocycles. The normalized spacial score (nSPS) is 10.8. The van der Waals surface area contributed by atoms with Crippen LogP contribution in [-0.2, 0) is 4.79 Å². The van der Waals surface area contributed by atoms with Gasteiger partial charge in [-0.25, -0.2) is 9.18 Å². The largest absolute Gasteiger partial charge is 0.478 e. The Morgan fingerprint density at radius 3 is 2.64 bits per heavy atom. The Kier molecular flexibility index (Phi) is 3.49. The molecule has 0 spiro atoms. The molecule has 0 amide bonds. The first kappa shape index (κ1) is 11.0. The predicted molar refractivity (Wildman–Crippen MR) is 53.1 cm³/mol. The van der Waals surface area contributed by atoms with E-state index < -0.39 is 11.8 Å². The number of carboxylic acids is 1. The van der Waals surface area contributed by atoms with Crippen LogP contribution < -0.4 is 0 Å². The van der Waals surface area contributed by atoms with Gasteiger partial charge in [-0.05, 0) is 18.2 Å². The molecule has 0 radical (unpaired) electrons. The molecule has 0 aliphatic heterocycles. The quantitative estimate of drug-likeness (QED) is 0.631. The molecule has 0 atom stereocenters. The van der Waals surface area contributed by atoms with Crippen LogP contribution in [0.25, 0.3) is 6.08 Å². The van der Waals surface area contributed by atoms with E-state index >= 15 is 0 Å². The highest BCUT2D eigenvalue weighted by Gasteiger charge is 2.07. The summed E-state index contributed by atoms with van der Waals surface area (Å²) in [6.45, 7) is 0. The van der Waals surface area contributed by atoms with Gasteiger partial charge in [0.15, 0.2) is 0 Å². The van der Waals surface area contributed by atoms with Crippen molar-refractivity contribution in [2.75, 3.05) is 0 Å². The Morgan fingerprint density at radius 2 is 2.07 bits per heavy atom. The molecular formula is C9H5Cl2FO2. The van der Waals surface area contributed by atoms with Gasteiger partial charge in [-0.2, -0.15) is 0 Å². The second kappa shape index (κ2) is 4.44. The Balaban J connectivity index is 3.19. The topological polar surface area (TPSA) is 37.3 Å². The lowest BCUT2D eigenvalue weighted by atomic mass is 10.2. The van der Waals surface area contributed by atoms with Gasteiger partial charge in [0.1, 0.15) is 5.82 Å². The highest BCUT2D eigenvalue weighted by Crippen LogP contribution is 2.28. The molecule has 0 fully saturated rings. The summed E-state index contributed by atoms with van der Waals surface area (Å²) < 4.78 is 13.1. The lowest BCUT2D eigenvalue weighted by Crippen LogP contribution is -1.89. The van der Waals surface area contributed by atoms with E-state index in [0.29, 0.717) is 0 Å². The van der Waals surface area contributed by atoms with Crippen molar-refractivity contribution in [2.24, 2.45) is 0 Å². The first-order valence-corrected chi connectivity index (χ1v) is 4.32. The fourth-order valence-electron chi connectivity index (χ4n) is 0.850. The SMILES string of the molecule is O=C(O)C=Cc1c(F)ccc(Cl)c1Cl. The molecule has 0 heterocycles. The molecule has 0 saturated carbocycles. The number of carboxylic acid groups (broad SMARTS) is 1. The zero-order chi connectivity index (χ0) is 10.7. The molecule has 14 heavy (non-hydrogen) atoms. The summed E-state index contributed by atoms with van der Waals surface area (Å²) in [6, 6.07) is 2.42. The number of benzene rings is 1. The summed E-state index contributed by atoms with van der Waals surface area (Å²) in [5, 5.41) is 8.52. The van der Waals surface area contributed by atoms with Crippen molar-refractivity contribution < 1.29 is 14.3 Å². The number of aliphatic carboxylic acids is 1. The minimum absolute atomic E-state index is 0.00386. The number of rotatable bonds is 2. The fourth-order valence-corrected chi connectivity index (χ4v) is 1.23. The van der Waals surface area contributed by atoms with Crippen LogP contribution in [-0.4, -0.2) is 11.1 Å².